The molecule has 3 heteroatoms. The van der Waals surface area contributed by atoms with Crippen molar-refractivity contribution < 1.29 is 9.90 Å². The van der Waals surface area contributed by atoms with Crippen molar-refractivity contribution in [3.05, 3.63) is 0 Å². The summed E-state index contributed by atoms with van der Waals surface area (Å²) in [4.78, 5) is 10.3. The highest BCUT2D eigenvalue weighted by molar-refractivity contribution is 5.81. The Hall–Kier alpha value is -0.410. The van der Waals surface area contributed by atoms with Crippen LogP contribution in [0.2, 0.25) is 0 Å². The van der Waals surface area contributed by atoms with Crippen LogP contribution in [0.3, 0.4) is 0 Å². The summed E-state index contributed by atoms with van der Waals surface area (Å²) in [5.74, 6) is -0.181. The zero-order chi connectivity index (χ0) is 6.73. The first-order valence-electron chi connectivity index (χ1n) is 2.50. The molecule has 0 amide bonds. The van der Waals surface area contributed by atoms with Gasteiger partial charge in [0.2, 0.25) is 0 Å². The average molecular weight is 117 g/mol. The number of hydrogen-bond acceptors (Lipinski definition) is 3. The lowest BCUT2D eigenvalue weighted by Crippen LogP contribution is -2.38. The Morgan fingerprint density at radius 3 is 2.12 bits per heavy atom. The Labute approximate surface area is 48.5 Å². The largest absolute Gasteiger partial charge is 0.391 e. The Morgan fingerprint density at radius 1 is 1.75 bits per heavy atom. The number of nitrogens with two attached hydrogens (primary N) is 1. The molecule has 0 saturated carbocycles. The fraction of sp³-hybridized carbons (Fsp3) is 0.800. The molecule has 0 heterocycles. The van der Waals surface area contributed by atoms with E-state index in [-0.39, 0.29) is 5.78 Å². The maximum Gasteiger partial charge on any atom is 0.149 e. The van der Waals surface area contributed by atoms with Crippen molar-refractivity contribution in [2.24, 2.45) is 5.73 Å². The third kappa shape index (κ3) is 2.04. The lowest BCUT2D eigenvalue weighted by Gasteiger charge is -2.08. The zero-order valence-corrected chi connectivity index (χ0v) is 5.09. The first kappa shape index (κ1) is 7.59. The highest BCUT2D eigenvalue weighted by Gasteiger charge is 2.12. The summed E-state index contributed by atoms with van der Waals surface area (Å²) >= 11 is 0. The second-order valence-electron chi connectivity index (χ2n) is 1.88. The van der Waals surface area contributed by atoms with Crippen molar-refractivity contribution in [1.82, 2.24) is 0 Å². The number of Topliss-reactive ketones (excluding diaryl/α,β-unsaturated/α-hetero) is 1. The second-order valence-corrected chi connectivity index (χ2v) is 1.88. The van der Waals surface area contributed by atoms with Gasteiger partial charge in [0.1, 0.15) is 5.78 Å². The van der Waals surface area contributed by atoms with Gasteiger partial charge >= 0.3 is 0 Å². The monoisotopic (exact) mass is 117 g/mol. The van der Waals surface area contributed by atoms with Crippen molar-refractivity contribution in [3.8, 4) is 0 Å². The number of rotatable bonds is 2. The SMILES string of the molecule is CC(=O)[C@@H](N)[C@H](C)O. The molecule has 0 unspecified atom stereocenters. The minimum atomic E-state index is -0.729. The van der Waals surface area contributed by atoms with E-state index in [9.17, 15) is 4.79 Å². The molecule has 3 nitrogen and oxygen atoms in total. The van der Waals surface area contributed by atoms with E-state index in [1.807, 2.05) is 0 Å². The van der Waals surface area contributed by atoms with Crippen LogP contribution in [0.15, 0.2) is 0 Å². The molecule has 0 aromatic heterocycles. The molecule has 0 spiro atoms. The first-order chi connectivity index (χ1) is 3.55. The Balaban J connectivity index is 3.64. The molecule has 8 heavy (non-hydrogen) atoms. The van der Waals surface area contributed by atoms with Gasteiger partial charge in [-0.15, -0.1) is 0 Å². The molecule has 0 aliphatic heterocycles. The molecule has 0 aromatic carbocycles. The highest BCUT2D eigenvalue weighted by Crippen LogP contribution is 1.87. The van der Waals surface area contributed by atoms with Gasteiger partial charge in [0.05, 0.1) is 12.1 Å². The van der Waals surface area contributed by atoms with Gasteiger partial charge in [-0.1, -0.05) is 0 Å². The normalized spacial score (nSPS) is 17.5. The van der Waals surface area contributed by atoms with Gasteiger partial charge in [-0.25, -0.2) is 0 Å². The van der Waals surface area contributed by atoms with Crippen LogP contribution in [-0.4, -0.2) is 23.0 Å². The summed E-state index contributed by atoms with van der Waals surface area (Å²) < 4.78 is 0. The van der Waals surface area contributed by atoms with Crippen molar-refractivity contribution in [1.29, 1.82) is 0 Å². The van der Waals surface area contributed by atoms with E-state index < -0.39 is 12.1 Å². The van der Waals surface area contributed by atoms with Crippen LogP contribution in [0, 0.1) is 0 Å². The Kier molecular flexibility index (Phi) is 2.65. The third-order valence-corrected chi connectivity index (χ3v) is 0.989. The molecule has 0 aliphatic carbocycles. The molecule has 2 atom stereocenters. The number of aliphatic hydroxyl groups excluding tert-OH is 1. The summed E-state index contributed by atoms with van der Waals surface area (Å²) in [6, 6.07) is -0.713. The van der Waals surface area contributed by atoms with E-state index >= 15 is 0 Å². The maximum absolute atomic E-state index is 10.3. The van der Waals surface area contributed by atoms with Crippen LogP contribution < -0.4 is 5.73 Å². The van der Waals surface area contributed by atoms with E-state index in [0.717, 1.165) is 0 Å². The fourth-order valence-electron chi connectivity index (χ4n) is 0.340. The van der Waals surface area contributed by atoms with E-state index in [1.165, 1.54) is 13.8 Å². The molecular formula is C5H11NO2. The van der Waals surface area contributed by atoms with Crippen molar-refractivity contribution in [2.45, 2.75) is 26.0 Å². The highest BCUT2D eigenvalue weighted by atomic mass is 16.3. The quantitative estimate of drug-likeness (QED) is 0.502. The summed E-state index contributed by atoms with van der Waals surface area (Å²) in [6.45, 7) is 2.85. The maximum atomic E-state index is 10.3. The van der Waals surface area contributed by atoms with Gasteiger partial charge in [0.25, 0.3) is 0 Å². The lowest BCUT2D eigenvalue weighted by molar-refractivity contribution is -0.120. The minimum absolute atomic E-state index is 0.181. The summed E-state index contributed by atoms with van der Waals surface area (Å²) in [6.07, 6.45) is -0.729. The van der Waals surface area contributed by atoms with Gasteiger partial charge in [-0.05, 0) is 13.8 Å². The molecule has 0 radical (unpaired) electrons. The molecular weight excluding hydrogens is 106 g/mol. The number of carbonyl (C=O) groups excluding carboxylic acids is 1. The molecule has 0 saturated heterocycles. The molecule has 0 aromatic rings. The minimum Gasteiger partial charge on any atom is -0.391 e. The summed E-state index contributed by atoms with van der Waals surface area (Å²) in [5.41, 5.74) is 5.16. The van der Waals surface area contributed by atoms with E-state index in [0.29, 0.717) is 0 Å². The predicted molar refractivity (Wildman–Crippen MR) is 30.3 cm³/mol. The smallest absolute Gasteiger partial charge is 0.149 e. The Bertz CT molecular complexity index is 90.4. The van der Waals surface area contributed by atoms with Crippen LogP contribution >= 0.6 is 0 Å². The number of aliphatic hydroxyl groups is 1. The van der Waals surface area contributed by atoms with Crippen LogP contribution in [-0.2, 0) is 4.79 Å². The number of carbonyl (C=O) groups is 1. The van der Waals surface area contributed by atoms with Crippen LogP contribution in [0.1, 0.15) is 13.8 Å². The first-order valence-corrected chi connectivity index (χ1v) is 2.50. The molecule has 48 valence electrons. The molecule has 0 bridgehead atoms. The van der Waals surface area contributed by atoms with E-state index in [1.54, 1.807) is 0 Å². The van der Waals surface area contributed by atoms with Gasteiger partial charge in [-0.3, -0.25) is 4.79 Å². The zero-order valence-electron chi connectivity index (χ0n) is 5.09. The summed E-state index contributed by atoms with van der Waals surface area (Å²) in [7, 11) is 0. The molecule has 0 aliphatic rings. The third-order valence-electron chi connectivity index (χ3n) is 0.989. The summed E-state index contributed by atoms with van der Waals surface area (Å²) in [5, 5.41) is 8.65. The van der Waals surface area contributed by atoms with Gasteiger partial charge in [0, 0.05) is 0 Å². The molecule has 0 rings (SSSR count). The lowest BCUT2D eigenvalue weighted by atomic mass is 10.1. The Morgan fingerprint density at radius 2 is 2.12 bits per heavy atom. The second kappa shape index (κ2) is 2.79. The van der Waals surface area contributed by atoms with Gasteiger partial charge in [0.15, 0.2) is 0 Å². The molecule has 0 fully saturated rings. The van der Waals surface area contributed by atoms with Crippen molar-refractivity contribution in [2.75, 3.05) is 0 Å². The standard InChI is InChI=1S/C5H11NO2/c1-3(7)5(6)4(2)8/h3,5,7H,6H2,1-2H3/t3-,5-/m0/s1. The van der Waals surface area contributed by atoms with Crippen LogP contribution in [0.5, 0.6) is 0 Å². The van der Waals surface area contributed by atoms with Gasteiger partial charge < -0.3 is 10.8 Å². The van der Waals surface area contributed by atoms with Crippen molar-refractivity contribution >= 4 is 5.78 Å². The predicted octanol–water partition coefficient (Wildman–Crippen LogP) is -0.716. The number of ketones is 1. The number of hydrogen-bond donors (Lipinski definition) is 2. The fourth-order valence-corrected chi connectivity index (χ4v) is 0.340. The van der Waals surface area contributed by atoms with E-state index in [4.69, 9.17) is 10.8 Å². The van der Waals surface area contributed by atoms with E-state index in [2.05, 4.69) is 0 Å². The van der Waals surface area contributed by atoms with Crippen LogP contribution in [0.4, 0.5) is 0 Å². The average Bonchev–Trinajstić information content (AvgIpc) is 1.64. The van der Waals surface area contributed by atoms with Gasteiger partial charge in [-0.2, -0.15) is 0 Å². The topological polar surface area (TPSA) is 63.3 Å². The molecule has 3 N–H and O–H groups in total. The van der Waals surface area contributed by atoms with Crippen molar-refractivity contribution in [3.63, 3.8) is 0 Å². The van der Waals surface area contributed by atoms with Crippen LogP contribution in [0.25, 0.3) is 0 Å².